The molecule has 3 aromatic rings. The highest BCUT2D eigenvalue weighted by Gasteiger charge is 2.73. The molecule has 1 amide bonds. The third kappa shape index (κ3) is 3.51. The largest absolute Gasteiger partial charge is 0.424 e. The molecule has 8 nitrogen and oxygen atoms in total. The molecule has 2 aromatic heterocycles. The van der Waals surface area contributed by atoms with E-state index >= 15 is 0 Å². The molecule has 8 saturated carbocycles. The molecule has 208 valence electrons. The van der Waals surface area contributed by atoms with Crippen molar-refractivity contribution in [3.63, 3.8) is 0 Å². The molecule has 0 radical (unpaired) electrons. The van der Waals surface area contributed by atoms with E-state index in [4.69, 9.17) is 8.94 Å². The molecule has 8 aliphatic rings. The maximum Gasteiger partial charge on any atom is 0.258 e. The molecule has 1 aromatic carbocycles. The first kappa shape index (κ1) is 23.6. The summed E-state index contributed by atoms with van der Waals surface area (Å²) < 4.78 is 26.4. The fourth-order valence-corrected chi connectivity index (χ4v) is 8.22. The Morgan fingerprint density at radius 3 is 2.38 bits per heavy atom. The molecule has 2 heterocycles. The van der Waals surface area contributed by atoms with E-state index in [1.54, 1.807) is 0 Å². The third-order valence-corrected chi connectivity index (χ3v) is 11.2. The van der Waals surface area contributed by atoms with E-state index < -0.39 is 11.1 Å². The van der Waals surface area contributed by atoms with Crippen molar-refractivity contribution in [3.8, 4) is 11.5 Å². The minimum atomic E-state index is -1.12. The Labute approximate surface area is 232 Å². The number of aromatic nitrogens is 4. The second-order valence-electron chi connectivity index (χ2n) is 14.1. The van der Waals surface area contributed by atoms with Crippen LogP contribution in [0, 0.1) is 10.8 Å². The predicted molar refractivity (Wildman–Crippen MR) is 142 cm³/mol. The molecule has 40 heavy (non-hydrogen) atoms. The van der Waals surface area contributed by atoms with Crippen molar-refractivity contribution in [1.29, 1.82) is 0 Å². The maximum absolute atomic E-state index is 14.5. The number of amides is 1. The molecule has 0 saturated heterocycles. The number of halogens is 1. The van der Waals surface area contributed by atoms with Gasteiger partial charge in [-0.3, -0.25) is 4.79 Å². The second kappa shape index (κ2) is 7.79. The van der Waals surface area contributed by atoms with Crippen LogP contribution in [0.3, 0.4) is 0 Å². The Bertz CT molecular complexity index is 1480. The lowest BCUT2D eigenvalue weighted by atomic mass is 9.41. The van der Waals surface area contributed by atoms with Crippen LogP contribution in [-0.2, 0) is 10.2 Å². The van der Waals surface area contributed by atoms with E-state index in [0.29, 0.717) is 43.5 Å². The summed E-state index contributed by atoms with van der Waals surface area (Å²) in [5.74, 6) is 3.87. The molecule has 0 N–H and O–H groups in total. The van der Waals surface area contributed by atoms with E-state index in [2.05, 4.69) is 20.3 Å². The maximum atomic E-state index is 14.5. The average Bonchev–Trinajstić information content (AvgIpc) is 3.89. The van der Waals surface area contributed by atoms with Crippen molar-refractivity contribution in [3.05, 3.63) is 41.9 Å². The summed E-state index contributed by atoms with van der Waals surface area (Å²) in [5, 5.41) is 13.1. The summed E-state index contributed by atoms with van der Waals surface area (Å²) in [6.07, 6.45) is 11.7. The van der Waals surface area contributed by atoms with Gasteiger partial charge in [0.25, 0.3) is 5.89 Å². The highest BCUT2D eigenvalue weighted by molar-refractivity contribution is 6.00. The van der Waals surface area contributed by atoms with Crippen molar-refractivity contribution in [2.45, 2.75) is 106 Å². The Balaban J connectivity index is 0.997. The molecular formula is C31H34FN5O3. The summed E-state index contributed by atoms with van der Waals surface area (Å²) in [5.41, 5.74) is 0.00910. The van der Waals surface area contributed by atoms with Gasteiger partial charge in [-0.2, -0.15) is 4.98 Å². The van der Waals surface area contributed by atoms with Crippen molar-refractivity contribution in [2.75, 3.05) is 11.4 Å². The minimum Gasteiger partial charge on any atom is -0.424 e. The van der Waals surface area contributed by atoms with Crippen molar-refractivity contribution in [1.82, 2.24) is 20.3 Å². The quantitative estimate of drug-likeness (QED) is 0.325. The Morgan fingerprint density at radius 1 is 0.975 bits per heavy atom. The normalized spacial score (nSPS) is 35.7. The SMILES string of the molecule is O=C(N(CC12CCC(c3nnc(C4CC4)o3)(CC1)CC2)c1cccc(-c2nc(C3CC3)no2)c1)C12CC(F)(C1)C2. The highest BCUT2D eigenvalue weighted by Crippen LogP contribution is 2.70. The lowest BCUT2D eigenvalue weighted by molar-refractivity contribution is -0.211. The first-order valence-corrected chi connectivity index (χ1v) is 15.1. The molecule has 8 fully saturated rings. The molecule has 8 aliphatic carbocycles. The van der Waals surface area contributed by atoms with Crippen LogP contribution < -0.4 is 4.90 Å². The number of benzene rings is 1. The fraction of sp³-hybridized carbons (Fsp3) is 0.645. The summed E-state index contributed by atoms with van der Waals surface area (Å²) in [7, 11) is 0. The van der Waals surface area contributed by atoms with Crippen molar-refractivity contribution < 1.29 is 18.1 Å². The van der Waals surface area contributed by atoms with Crippen LogP contribution >= 0.6 is 0 Å². The molecule has 4 bridgehead atoms. The fourth-order valence-electron chi connectivity index (χ4n) is 8.22. The van der Waals surface area contributed by atoms with Gasteiger partial charge in [0, 0.05) is 35.0 Å². The Hall–Kier alpha value is -3.10. The van der Waals surface area contributed by atoms with Gasteiger partial charge < -0.3 is 13.8 Å². The van der Waals surface area contributed by atoms with Gasteiger partial charge in [0.15, 0.2) is 5.82 Å². The number of carbonyl (C=O) groups excluding carboxylic acids is 1. The number of hydrogen-bond acceptors (Lipinski definition) is 7. The van der Waals surface area contributed by atoms with Gasteiger partial charge in [-0.1, -0.05) is 11.2 Å². The summed E-state index contributed by atoms with van der Waals surface area (Å²) in [4.78, 5) is 20.8. The number of anilines is 1. The van der Waals surface area contributed by atoms with Crippen LogP contribution in [0.1, 0.15) is 113 Å². The predicted octanol–water partition coefficient (Wildman–Crippen LogP) is 6.39. The number of carbonyl (C=O) groups is 1. The monoisotopic (exact) mass is 543 g/mol. The standard InChI is InChI=1S/C31H34FN5O3/c32-31-15-30(16-31,17-31)27(38)37(22-3-1-2-21(14-22)24-33-23(36-40-24)19-4-5-19)18-28-8-11-29(12-9-28,13-10-28)26-35-34-25(39-26)20-6-7-20/h1-3,14,19-20H,4-13,15-18H2. The van der Waals surface area contributed by atoms with Crippen molar-refractivity contribution in [2.24, 2.45) is 10.8 Å². The molecule has 9 heteroatoms. The van der Waals surface area contributed by atoms with Crippen LogP contribution in [0.15, 0.2) is 33.2 Å². The van der Waals surface area contributed by atoms with Gasteiger partial charge in [-0.15, -0.1) is 10.2 Å². The number of nitrogens with zero attached hydrogens (tertiary/aromatic N) is 5. The number of hydrogen-bond donors (Lipinski definition) is 0. The number of rotatable bonds is 8. The Kier molecular flexibility index (Phi) is 4.60. The van der Waals surface area contributed by atoms with Crippen LogP contribution in [-0.4, -0.2) is 38.5 Å². The molecule has 0 spiro atoms. The average molecular weight is 544 g/mol. The third-order valence-electron chi connectivity index (χ3n) is 11.2. The summed E-state index contributed by atoms with van der Waals surface area (Å²) in [6, 6.07) is 7.92. The first-order valence-electron chi connectivity index (χ1n) is 15.1. The van der Waals surface area contributed by atoms with Gasteiger partial charge in [0.2, 0.25) is 17.7 Å². The lowest BCUT2D eigenvalue weighted by Gasteiger charge is -2.65. The van der Waals surface area contributed by atoms with Gasteiger partial charge >= 0.3 is 0 Å². The smallest absolute Gasteiger partial charge is 0.258 e. The molecular weight excluding hydrogens is 509 g/mol. The first-order chi connectivity index (χ1) is 19.4. The highest BCUT2D eigenvalue weighted by atomic mass is 19.1. The van der Waals surface area contributed by atoms with Crippen LogP contribution in [0.2, 0.25) is 0 Å². The van der Waals surface area contributed by atoms with E-state index in [0.717, 1.165) is 93.1 Å². The van der Waals surface area contributed by atoms with Crippen LogP contribution in [0.5, 0.6) is 0 Å². The topological polar surface area (TPSA) is 98.2 Å². The van der Waals surface area contributed by atoms with Gasteiger partial charge in [-0.05, 0) is 107 Å². The molecule has 0 unspecified atom stereocenters. The number of alkyl halides is 1. The van der Waals surface area contributed by atoms with Crippen LogP contribution in [0.25, 0.3) is 11.5 Å². The van der Waals surface area contributed by atoms with Gasteiger partial charge in [0.05, 0.1) is 5.41 Å². The van der Waals surface area contributed by atoms with Crippen LogP contribution in [0.4, 0.5) is 10.1 Å². The Morgan fingerprint density at radius 2 is 1.70 bits per heavy atom. The summed E-state index contributed by atoms with van der Waals surface area (Å²) >= 11 is 0. The lowest BCUT2D eigenvalue weighted by Crippen LogP contribution is -2.71. The zero-order valence-corrected chi connectivity index (χ0v) is 22.7. The molecule has 0 atom stereocenters. The van der Waals surface area contributed by atoms with E-state index in [1.807, 2.05) is 29.2 Å². The summed E-state index contributed by atoms with van der Waals surface area (Å²) in [6.45, 7) is 0.653. The van der Waals surface area contributed by atoms with E-state index in [9.17, 15) is 9.18 Å². The molecule has 11 rings (SSSR count). The molecule has 0 aliphatic heterocycles. The van der Waals surface area contributed by atoms with Gasteiger partial charge in [0.1, 0.15) is 5.67 Å². The second-order valence-corrected chi connectivity index (χ2v) is 14.1. The zero-order chi connectivity index (χ0) is 26.7. The van der Waals surface area contributed by atoms with Gasteiger partial charge in [-0.25, -0.2) is 4.39 Å². The van der Waals surface area contributed by atoms with E-state index in [-0.39, 0.29) is 16.7 Å². The van der Waals surface area contributed by atoms with E-state index in [1.165, 1.54) is 0 Å². The zero-order valence-electron chi connectivity index (χ0n) is 22.7. The number of fused-ring (bicyclic) bond motifs is 3. The van der Waals surface area contributed by atoms with Crippen molar-refractivity contribution >= 4 is 11.6 Å². The minimum absolute atomic E-state index is 0.0255.